The maximum Gasteiger partial charge on any atom is 0.270 e. The molecule has 0 bridgehead atoms. The lowest BCUT2D eigenvalue weighted by molar-refractivity contribution is 0.0943. The molecule has 0 unspecified atom stereocenters. The zero-order chi connectivity index (χ0) is 18.6. The van der Waals surface area contributed by atoms with Gasteiger partial charge in [0.2, 0.25) is 0 Å². The summed E-state index contributed by atoms with van der Waals surface area (Å²) in [6, 6.07) is 9.84. The van der Waals surface area contributed by atoms with Crippen molar-refractivity contribution in [2.75, 3.05) is 11.9 Å². The van der Waals surface area contributed by atoms with E-state index in [1.54, 1.807) is 13.0 Å². The van der Waals surface area contributed by atoms with Crippen molar-refractivity contribution >= 4 is 17.4 Å². The monoisotopic (exact) mass is 340 g/mol. The molecule has 0 saturated heterocycles. The number of hydrogen-bond donors (Lipinski definition) is 2. The lowest BCUT2D eigenvalue weighted by Gasteiger charge is -2.23. The molecule has 0 fully saturated rings. The molecule has 2 rings (SSSR count). The molecule has 5 heteroatoms. The number of carbonyl (C=O) groups excluding carboxylic acids is 1. The third kappa shape index (κ3) is 5.28. The number of rotatable bonds is 5. The van der Waals surface area contributed by atoms with Crippen LogP contribution in [0.4, 0.5) is 11.5 Å². The zero-order valence-electron chi connectivity index (χ0n) is 16.0. The molecule has 1 aromatic carbocycles. The number of carbonyl (C=O) groups is 1. The highest BCUT2D eigenvalue weighted by Crippen LogP contribution is 2.30. The predicted molar refractivity (Wildman–Crippen MR) is 102 cm³/mol. The Labute approximate surface area is 150 Å². The van der Waals surface area contributed by atoms with Gasteiger partial charge < -0.3 is 10.6 Å². The highest BCUT2D eigenvalue weighted by atomic mass is 16.1. The Morgan fingerprint density at radius 2 is 1.84 bits per heavy atom. The van der Waals surface area contributed by atoms with Gasteiger partial charge in [0.25, 0.3) is 5.91 Å². The van der Waals surface area contributed by atoms with Crippen LogP contribution < -0.4 is 10.6 Å². The summed E-state index contributed by atoms with van der Waals surface area (Å²) >= 11 is 0. The van der Waals surface area contributed by atoms with Crippen LogP contribution in [0.5, 0.6) is 0 Å². The van der Waals surface area contributed by atoms with Gasteiger partial charge in [0.05, 0.1) is 0 Å². The third-order valence-corrected chi connectivity index (χ3v) is 3.74. The largest absolute Gasteiger partial charge is 0.350 e. The Kier molecular flexibility index (Phi) is 5.77. The molecule has 25 heavy (non-hydrogen) atoms. The first-order valence-corrected chi connectivity index (χ1v) is 8.67. The normalized spacial score (nSPS) is 11.5. The van der Waals surface area contributed by atoms with E-state index in [1.165, 1.54) is 5.56 Å². The second-order valence-electron chi connectivity index (χ2n) is 7.71. The minimum Gasteiger partial charge on any atom is -0.350 e. The molecule has 1 amide bonds. The lowest BCUT2D eigenvalue weighted by atomic mass is 9.86. The van der Waals surface area contributed by atoms with Gasteiger partial charge in [-0.15, -0.1) is 0 Å². The van der Waals surface area contributed by atoms with E-state index in [0.29, 0.717) is 29.8 Å². The van der Waals surface area contributed by atoms with Gasteiger partial charge in [0.15, 0.2) is 0 Å². The standard InChI is InChI=1S/C20H28N4O/c1-13(2)12-21-19(25)17-11-18(23-14(3)22-17)24-16-10-8-7-9-15(16)20(4,5)6/h7-11,13H,12H2,1-6H3,(H,21,25)(H,22,23,24). The molecular weight excluding hydrogens is 312 g/mol. The molecule has 1 aromatic heterocycles. The van der Waals surface area contributed by atoms with Gasteiger partial charge in [-0.3, -0.25) is 4.79 Å². The van der Waals surface area contributed by atoms with Crippen LogP contribution in [0.2, 0.25) is 0 Å². The van der Waals surface area contributed by atoms with Crippen molar-refractivity contribution in [2.45, 2.75) is 47.0 Å². The van der Waals surface area contributed by atoms with Crippen molar-refractivity contribution in [1.29, 1.82) is 0 Å². The molecule has 134 valence electrons. The first-order chi connectivity index (χ1) is 11.7. The average Bonchev–Trinajstić information content (AvgIpc) is 2.51. The van der Waals surface area contributed by atoms with Crippen molar-refractivity contribution in [2.24, 2.45) is 5.92 Å². The molecule has 2 aromatic rings. The molecular formula is C20H28N4O. The van der Waals surface area contributed by atoms with Gasteiger partial charge in [-0.1, -0.05) is 52.8 Å². The van der Waals surface area contributed by atoms with Crippen LogP contribution in [0.1, 0.15) is 56.5 Å². The fourth-order valence-electron chi connectivity index (χ4n) is 2.52. The van der Waals surface area contributed by atoms with Crippen LogP contribution in [0.3, 0.4) is 0 Å². The average molecular weight is 340 g/mol. The van der Waals surface area contributed by atoms with Gasteiger partial charge in [0.1, 0.15) is 17.3 Å². The summed E-state index contributed by atoms with van der Waals surface area (Å²) in [5.41, 5.74) is 2.56. The Hall–Kier alpha value is -2.43. The van der Waals surface area contributed by atoms with Crippen LogP contribution >= 0.6 is 0 Å². The Balaban J connectivity index is 2.28. The first kappa shape index (κ1) is 18.9. The molecule has 1 heterocycles. The summed E-state index contributed by atoms with van der Waals surface area (Å²) in [7, 11) is 0. The predicted octanol–water partition coefficient (Wildman–Crippen LogP) is 4.21. The van der Waals surface area contributed by atoms with E-state index in [2.05, 4.69) is 61.3 Å². The summed E-state index contributed by atoms with van der Waals surface area (Å²) < 4.78 is 0. The van der Waals surface area contributed by atoms with Crippen LogP contribution in [-0.4, -0.2) is 22.4 Å². The number of para-hydroxylation sites is 1. The molecule has 0 aliphatic rings. The highest BCUT2D eigenvalue weighted by molar-refractivity contribution is 5.93. The fourth-order valence-corrected chi connectivity index (χ4v) is 2.52. The number of hydrogen-bond acceptors (Lipinski definition) is 4. The Bertz CT molecular complexity index is 748. The number of nitrogens with one attached hydrogen (secondary N) is 2. The quantitative estimate of drug-likeness (QED) is 0.855. The van der Waals surface area contributed by atoms with Crippen LogP contribution in [-0.2, 0) is 5.41 Å². The summed E-state index contributed by atoms with van der Waals surface area (Å²) in [5, 5.41) is 6.24. The SMILES string of the molecule is Cc1nc(Nc2ccccc2C(C)(C)C)cc(C(=O)NCC(C)C)n1. The number of aromatic nitrogens is 2. The van der Waals surface area contributed by atoms with Crippen molar-refractivity contribution in [1.82, 2.24) is 15.3 Å². The van der Waals surface area contributed by atoms with Crippen LogP contribution in [0, 0.1) is 12.8 Å². The Morgan fingerprint density at radius 1 is 1.16 bits per heavy atom. The molecule has 0 aliphatic carbocycles. The minimum absolute atomic E-state index is 0.00311. The van der Waals surface area contributed by atoms with E-state index >= 15 is 0 Å². The van der Waals surface area contributed by atoms with Gasteiger partial charge in [-0.2, -0.15) is 0 Å². The van der Waals surface area contributed by atoms with E-state index in [4.69, 9.17) is 0 Å². The number of aryl methyl sites for hydroxylation is 1. The van der Waals surface area contributed by atoms with E-state index in [-0.39, 0.29) is 11.3 Å². The second-order valence-corrected chi connectivity index (χ2v) is 7.71. The highest BCUT2D eigenvalue weighted by Gasteiger charge is 2.18. The maximum absolute atomic E-state index is 12.3. The molecule has 0 aliphatic heterocycles. The molecule has 2 N–H and O–H groups in total. The van der Waals surface area contributed by atoms with E-state index in [0.717, 1.165) is 5.69 Å². The molecule has 0 saturated carbocycles. The summed E-state index contributed by atoms with van der Waals surface area (Å²) in [6.07, 6.45) is 0. The van der Waals surface area contributed by atoms with E-state index < -0.39 is 0 Å². The van der Waals surface area contributed by atoms with Crippen LogP contribution in [0.25, 0.3) is 0 Å². The summed E-state index contributed by atoms with van der Waals surface area (Å²) in [6.45, 7) is 13.0. The van der Waals surface area contributed by atoms with Crippen molar-refractivity contribution in [3.8, 4) is 0 Å². The lowest BCUT2D eigenvalue weighted by Crippen LogP contribution is -2.28. The topological polar surface area (TPSA) is 66.9 Å². The summed E-state index contributed by atoms with van der Waals surface area (Å²) in [4.78, 5) is 21.0. The minimum atomic E-state index is -0.175. The van der Waals surface area contributed by atoms with E-state index in [9.17, 15) is 4.79 Å². The third-order valence-electron chi connectivity index (χ3n) is 3.74. The van der Waals surface area contributed by atoms with Crippen molar-refractivity contribution in [3.05, 3.63) is 47.4 Å². The number of amides is 1. The fraction of sp³-hybridized carbons (Fsp3) is 0.450. The zero-order valence-corrected chi connectivity index (χ0v) is 16.0. The van der Waals surface area contributed by atoms with Crippen LogP contribution in [0.15, 0.2) is 30.3 Å². The van der Waals surface area contributed by atoms with Gasteiger partial charge in [0, 0.05) is 18.3 Å². The molecule has 0 spiro atoms. The second kappa shape index (κ2) is 7.64. The van der Waals surface area contributed by atoms with Gasteiger partial charge in [-0.25, -0.2) is 9.97 Å². The number of benzene rings is 1. The summed E-state index contributed by atoms with van der Waals surface area (Å²) in [5.74, 6) is 1.40. The van der Waals surface area contributed by atoms with Gasteiger partial charge >= 0.3 is 0 Å². The first-order valence-electron chi connectivity index (χ1n) is 8.67. The number of nitrogens with zero attached hydrogens (tertiary/aromatic N) is 2. The smallest absolute Gasteiger partial charge is 0.270 e. The van der Waals surface area contributed by atoms with Crippen molar-refractivity contribution < 1.29 is 4.79 Å². The number of anilines is 2. The molecule has 0 atom stereocenters. The van der Waals surface area contributed by atoms with Crippen molar-refractivity contribution in [3.63, 3.8) is 0 Å². The molecule has 0 radical (unpaired) electrons. The maximum atomic E-state index is 12.3. The molecule has 5 nitrogen and oxygen atoms in total. The van der Waals surface area contributed by atoms with Gasteiger partial charge in [-0.05, 0) is 29.9 Å². The Morgan fingerprint density at radius 3 is 2.48 bits per heavy atom. The van der Waals surface area contributed by atoms with E-state index in [1.807, 2.05) is 18.2 Å².